The van der Waals surface area contributed by atoms with Gasteiger partial charge in [0.2, 0.25) is 11.2 Å². The largest absolute Gasteiger partial charge is 0.494 e. The van der Waals surface area contributed by atoms with E-state index in [1.807, 2.05) is 0 Å². The zero-order chi connectivity index (χ0) is 13.3. The maximum atomic E-state index is 12.3. The van der Waals surface area contributed by atoms with Gasteiger partial charge in [-0.3, -0.25) is 4.79 Å². The van der Waals surface area contributed by atoms with Crippen LogP contribution in [-0.4, -0.2) is 21.3 Å². The Kier molecular flexibility index (Phi) is 3.34. The molecule has 0 amide bonds. The van der Waals surface area contributed by atoms with Crippen LogP contribution in [0.1, 0.15) is 0 Å². The van der Waals surface area contributed by atoms with Crippen molar-refractivity contribution in [2.75, 3.05) is 21.3 Å². The van der Waals surface area contributed by atoms with Crippen molar-refractivity contribution < 1.29 is 18.6 Å². The smallest absolute Gasteiger partial charge is 0.333 e. The Labute approximate surface area is 108 Å². The average Bonchev–Trinajstić information content (AvgIpc) is 2.38. The SMILES string of the molecule is COc1oc2ccc(Cl)c(OC)c2c(=O)c1OC. The van der Waals surface area contributed by atoms with Crippen LogP contribution in [0.15, 0.2) is 21.3 Å². The number of halogens is 1. The zero-order valence-corrected chi connectivity index (χ0v) is 10.8. The molecule has 0 spiro atoms. The molecule has 0 aliphatic carbocycles. The second-order valence-electron chi connectivity index (χ2n) is 3.41. The number of methoxy groups -OCH3 is 3. The third-order valence-electron chi connectivity index (χ3n) is 2.49. The van der Waals surface area contributed by atoms with Gasteiger partial charge in [-0.2, -0.15) is 0 Å². The van der Waals surface area contributed by atoms with E-state index in [-0.39, 0.29) is 22.8 Å². The Balaban J connectivity index is 2.96. The van der Waals surface area contributed by atoms with Crippen molar-refractivity contribution >= 4 is 22.6 Å². The molecule has 0 fully saturated rings. The molecule has 0 N–H and O–H groups in total. The van der Waals surface area contributed by atoms with Crippen LogP contribution >= 0.6 is 11.6 Å². The Bertz CT molecular complexity index is 647. The van der Waals surface area contributed by atoms with Crippen LogP contribution < -0.4 is 19.6 Å². The first-order chi connectivity index (χ1) is 8.63. The summed E-state index contributed by atoms with van der Waals surface area (Å²) in [6.45, 7) is 0. The maximum absolute atomic E-state index is 12.3. The number of ether oxygens (including phenoxy) is 3. The summed E-state index contributed by atoms with van der Waals surface area (Å²) in [6, 6.07) is 3.15. The number of benzene rings is 1. The average molecular weight is 271 g/mol. The Morgan fingerprint density at radius 1 is 1.06 bits per heavy atom. The second-order valence-corrected chi connectivity index (χ2v) is 3.82. The van der Waals surface area contributed by atoms with E-state index < -0.39 is 5.43 Å². The fourth-order valence-corrected chi connectivity index (χ4v) is 1.94. The van der Waals surface area contributed by atoms with Gasteiger partial charge in [0.05, 0.1) is 26.4 Å². The summed E-state index contributed by atoms with van der Waals surface area (Å²) < 4.78 is 20.5. The summed E-state index contributed by atoms with van der Waals surface area (Å²) in [7, 11) is 4.17. The molecule has 0 unspecified atom stereocenters. The molecule has 0 saturated heterocycles. The highest BCUT2D eigenvalue weighted by Crippen LogP contribution is 2.35. The number of rotatable bonds is 3. The van der Waals surface area contributed by atoms with Gasteiger partial charge < -0.3 is 18.6 Å². The summed E-state index contributed by atoms with van der Waals surface area (Å²) in [5.41, 5.74) is -0.0751. The van der Waals surface area contributed by atoms with Gasteiger partial charge in [-0.15, -0.1) is 0 Å². The third kappa shape index (κ3) is 1.76. The van der Waals surface area contributed by atoms with Gasteiger partial charge in [0.25, 0.3) is 0 Å². The Morgan fingerprint density at radius 3 is 2.28 bits per heavy atom. The number of hydrogen-bond acceptors (Lipinski definition) is 5. The minimum Gasteiger partial charge on any atom is -0.494 e. The molecule has 2 aromatic rings. The summed E-state index contributed by atoms with van der Waals surface area (Å²) >= 11 is 5.97. The molecule has 0 aliphatic heterocycles. The van der Waals surface area contributed by atoms with Crippen LogP contribution in [0.3, 0.4) is 0 Å². The molecule has 0 saturated carbocycles. The first-order valence-corrected chi connectivity index (χ1v) is 5.43. The van der Waals surface area contributed by atoms with Gasteiger partial charge in [-0.05, 0) is 12.1 Å². The standard InChI is InChI=1S/C12H11ClO5/c1-15-10-6(13)4-5-7-8(10)9(14)11(16-2)12(17-3)18-7/h4-5H,1-3H3. The first kappa shape index (κ1) is 12.6. The highest BCUT2D eigenvalue weighted by molar-refractivity contribution is 6.33. The van der Waals surface area contributed by atoms with Crippen molar-refractivity contribution in [3.63, 3.8) is 0 Å². The predicted octanol–water partition coefficient (Wildman–Crippen LogP) is 2.47. The molecule has 1 aromatic heterocycles. The van der Waals surface area contributed by atoms with E-state index in [1.165, 1.54) is 21.3 Å². The number of hydrogen-bond donors (Lipinski definition) is 0. The lowest BCUT2D eigenvalue weighted by Gasteiger charge is -2.10. The second kappa shape index (κ2) is 4.78. The summed E-state index contributed by atoms with van der Waals surface area (Å²) in [6.07, 6.45) is 0. The minimum atomic E-state index is -0.394. The summed E-state index contributed by atoms with van der Waals surface area (Å²) in [5.74, 6) is 0.244. The van der Waals surface area contributed by atoms with E-state index in [0.717, 1.165) is 0 Å². The van der Waals surface area contributed by atoms with Gasteiger partial charge in [0.15, 0.2) is 5.75 Å². The molecular weight excluding hydrogens is 260 g/mol. The molecule has 96 valence electrons. The molecule has 1 heterocycles. The molecule has 0 atom stereocenters. The maximum Gasteiger partial charge on any atom is 0.333 e. The van der Waals surface area contributed by atoms with E-state index in [4.69, 9.17) is 30.2 Å². The van der Waals surface area contributed by atoms with Gasteiger partial charge in [0, 0.05) is 0 Å². The molecule has 5 nitrogen and oxygen atoms in total. The fraction of sp³-hybridized carbons (Fsp3) is 0.250. The Morgan fingerprint density at radius 2 is 1.72 bits per heavy atom. The van der Waals surface area contributed by atoms with Crippen molar-refractivity contribution in [1.29, 1.82) is 0 Å². The lowest BCUT2D eigenvalue weighted by atomic mass is 10.2. The van der Waals surface area contributed by atoms with Crippen LogP contribution in [0.25, 0.3) is 11.0 Å². The van der Waals surface area contributed by atoms with E-state index in [1.54, 1.807) is 12.1 Å². The molecule has 0 radical (unpaired) electrons. The van der Waals surface area contributed by atoms with Crippen LogP contribution in [0.4, 0.5) is 0 Å². The zero-order valence-electron chi connectivity index (χ0n) is 10.1. The minimum absolute atomic E-state index is 0.0133. The van der Waals surface area contributed by atoms with Gasteiger partial charge in [-0.25, -0.2) is 0 Å². The molecule has 1 aromatic carbocycles. The molecule has 0 aliphatic rings. The van der Waals surface area contributed by atoms with Crippen LogP contribution in [0.2, 0.25) is 5.02 Å². The van der Waals surface area contributed by atoms with Crippen LogP contribution in [0, 0.1) is 0 Å². The lowest BCUT2D eigenvalue weighted by molar-refractivity contribution is 0.275. The molecule has 0 bridgehead atoms. The molecule has 18 heavy (non-hydrogen) atoms. The molecule has 6 heteroatoms. The monoisotopic (exact) mass is 270 g/mol. The van der Waals surface area contributed by atoms with E-state index in [2.05, 4.69) is 0 Å². The topological polar surface area (TPSA) is 57.9 Å². The fourth-order valence-electron chi connectivity index (χ4n) is 1.70. The van der Waals surface area contributed by atoms with Crippen molar-refractivity contribution in [3.8, 4) is 17.4 Å². The van der Waals surface area contributed by atoms with Crippen molar-refractivity contribution in [1.82, 2.24) is 0 Å². The predicted molar refractivity (Wildman–Crippen MR) is 67.2 cm³/mol. The third-order valence-corrected chi connectivity index (χ3v) is 2.78. The highest BCUT2D eigenvalue weighted by atomic mass is 35.5. The van der Waals surface area contributed by atoms with Crippen molar-refractivity contribution in [2.24, 2.45) is 0 Å². The highest BCUT2D eigenvalue weighted by Gasteiger charge is 2.20. The van der Waals surface area contributed by atoms with Gasteiger partial charge in [0.1, 0.15) is 11.0 Å². The van der Waals surface area contributed by atoms with Gasteiger partial charge in [-0.1, -0.05) is 11.6 Å². The molecule has 2 rings (SSSR count). The summed E-state index contributed by atoms with van der Waals surface area (Å²) in [5, 5.41) is 0.548. The first-order valence-electron chi connectivity index (χ1n) is 5.05. The van der Waals surface area contributed by atoms with Crippen molar-refractivity contribution in [2.45, 2.75) is 0 Å². The van der Waals surface area contributed by atoms with Crippen molar-refractivity contribution in [3.05, 3.63) is 27.4 Å². The van der Waals surface area contributed by atoms with E-state index in [9.17, 15) is 4.79 Å². The normalized spacial score (nSPS) is 10.4. The van der Waals surface area contributed by atoms with Crippen LogP contribution in [-0.2, 0) is 0 Å². The van der Waals surface area contributed by atoms with E-state index >= 15 is 0 Å². The van der Waals surface area contributed by atoms with Crippen LogP contribution in [0.5, 0.6) is 17.4 Å². The number of fused-ring (bicyclic) bond motifs is 1. The Hall–Kier alpha value is -1.88. The lowest BCUT2D eigenvalue weighted by Crippen LogP contribution is -2.09. The quantitative estimate of drug-likeness (QED) is 0.857. The molecular formula is C12H11ClO5. The van der Waals surface area contributed by atoms with E-state index in [0.29, 0.717) is 10.6 Å². The van der Waals surface area contributed by atoms with Gasteiger partial charge >= 0.3 is 5.95 Å². The summed E-state index contributed by atoms with van der Waals surface area (Å²) in [4.78, 5) is 12.3.